The Labute approximate surface area is 109 Å². The van der Waals surface area contributed by atoms with Gasteiger partial charge in [-0.05, 0) is 30.5 Å². The first-order valence-electron chi connectivity index (χ1n) is 5.80. The molecule has 17 heavy (non-hydrogen) atoms. The fourth-order valence-corrected chi connectivity index (χ4v) is 3.91. The average Bonchev–Trinajstić information content (AvgIpc) is 2.77. The first kappa shape index (κ1) is 11.3. The third kappa shape index (κ3) is 2.02. The lowest BCUT2D eigenvalue weighted by Crippen LogP contribution is -2.40. The van der Waals surface area contributed by atoms with Crippen molar-refractivity contribution in [2.75, 3.05) is 18.1 Å². The molecule has 5 heteroatoms. The second-order valence-electron chi connectivity index (χ2n) is 4.45. The number of thioether (sulfide) groups is 1. The number of hydrogen-bond donors (Lipinski definition) is 1. The zero-order valence-electron chi connectivity index (χ0n) is 9.77. The van der Waals surface area contributed by atoms with E-state index in [1.54, 1.807) is 17.7 Å². The average molecular weight is 265 g/mol. The summed E-state index contributed by atoms with van der Waals surface area (Å²) in [6.45, 7) is 1.01. The summed E-state index contributed by atoms with van der Waals surface area (Å²) in [4.78, 5) is 8.61. The molecule has 1 aliphatic carbocycles. The highest BCUT2D eigenvalue weighted by atomic mass is 32.2. The van der Waals surface area contributed by atoms with E-state index in [4.69, 9.17) is 0 Å². The predicted octanol–water partition coefficient (Wildman–Crippen LogP) is 3.39. The Hall–Kier alpha value is -0.810. The van der Waals surface area contributed by atoms with E-state index in [0.717, 1.165) is 17.9 Å². The summed E-state index contributed by atoms with van der Waals surface area (Å²) in [7, 11) is 0. The highest BCUT2D eigenvalue weighted by Gasteiger charge is 2.35. The highest BCUT2D eigenvalue weighted by Crippen LogP contribution is 2.43. The SMILES string of the molecule is CSC1(CNc2ncnc3ccsc23)CCC1. The van der Waals surface area contributed by atoms with Crippen molar-refractivity contribution >= 4 is 39.1 Å². The molecule has 0 saturated heterocycles. The Balaban J connectivity index is 1.78. The smallest absolute Gasteiger partial charge is 0.147 e. The van der Waals surface area contributed by atoms with E-state index >= 15 is 0 Å². The lowest BCUT2D eigenvalue weighted by Gasteiger charge is -2.40. The van der Waals surface area contributed by atoms with Crippen molar-refractivity contribution < 1.29 is 0 Å². The third-order valence-electron chi connectivity index (χ3n) is 3.52. The van der Waals surface area contributed by atoms with Crippen molar-refractivity contribution in [2.24, 2.45) is 0 Å². The van der Waals surface area contributed by atoms with Crippen molar-refractivity contribution in [3.63, 3.8) is 0 Å². The summed E-state index contributed by atoms with van der Waals surface area (Å²) in [5.41, 5.74) is 1.04. The van der Waals surface area contributed by atoms with Crippen LogP contribution in [0.25, 0.3) is 10.2 Å². The molecular weight excluding hydrogens is 250 g/mol. The summed E-state index contributed by atoms with van der Waals surface area (Å²) in [5.74, 6) is 0.991. The van der Waals surface area contributed by atoms with Gasteiger partial charge in [-0.1, -0.05) is 6.42 Å². The zero-order valence-corrected chi connectivity index (χ0v) is 11.4. The number of fused-ring (bicyclic) bond motifs is 1. The Kier molecular flexibility index (Phi) is 2.96. The van der Waals surface area contributed by atoms with Gasteiger partial charge in [-0.3, -0.25) is 0 Å². The van der Waals surface area contributed by atoms with Crippen LogP contribution in [0, 0.1) is 0 Å². The fourth-order valence-electron chi connectivity index (χ4n) is 2.18. The number of nitrogens with zero attached hydrogens (tertiary/aromatic N) is 2. The number of nitrogens with one attached hydrogen (secondary N) is 1. The molecule has 1 aliphatic rings. The first-order valence-corrected chi connectivity index (χ1v) is 7.91. The van der Waals surface area contributed by atoms with Gasteiger partial charge in [0.05, 0.1) is 10.2 Å². The molecule has 0 aromatic carbocycles. The maximum Gasteiger partial charge on any atom is 0.147 e. The number of rotatable bonds is 4. The number of thiophene rings is 1. The molecule has 3 rings (SSSR count). The summed E-state index contributed by atoms with van der Waals surface area (Å²) in [6, 6.07) is 2.04. The van der Waals surface area contributed by atoms with Gasteiger partial charge < -0.3 is 5.32 Å². The molecule has 90 valence electrons. The van der Waals surface area contributed by atoms with E-state index in [0.29, 0.717) is 4.75 Å². The monoisotopic (exact) mass is 265 g/mol. The summed E-state index contributed by atoms with van der Waals surface area (Å²) >= 11 is 3.69. The molecule has 0 amide bonds. The molecule has 2 heterocycles. The lowest BCUT2D eigenvalue weighted by molar-refractivity contribution is 0.380. The Morgan fingerprint density at radius 1 is 1.47 bits per heavy atom. The molecule has 1 N–H and O–H groups in total. The van der Waals surface area contributed by atoms with Crippen LogP contribution in [0.1, 0.15) is 19.3 Å². The van der Waals surface area contributed by atoms with E-state index in [1.165, 1.54) is 24.0 Å². The molecule has 1 saturated carbocycles. The van der Waals surface area contributed by atoms with E-state index in [2.05, 4.69) is 26.9 Å². The fraction of sp³-hybridized carbons (Fsp3) is 0.500. The Morgan fingerprint density at radius 2 is 2.35 bits per heavy atom. The van der Waals surface area contributed by atoms with Gasteiger partial charge in [-0.25, -0.2) is 9.97 Å². The van der Waals surface area contributed by atoms with Crippen LogP contribution in [0.4, 0.5) is 5.82 Å². The van der Waals surface area contributed by atoms with Crippen molar-refractivity contribution in [1.29, 1.82) is 0 Å². The summed E-state index contributed by atoms with van der Waals surface area (Å²) in [6.07, 6.45) is 7.85. The normalized spacial score (nSPS) is 17.9. The van der Waals surface area contributed by atoms with Crippen LogP contribution in [0.3, 0.4) is 0 Å². The largest absolute Gasteiger partial charge is 0.367 e. The standard InChI is InChI=1S/C12H15N3S2/c1-16-12(4-2-5-12)7-13-11-10-9(3-6-17-10)14-8-15-11/h3,6,8H,2,4-5,7H2,1H3,(H,13,14,15). The molecule has 0 atom stereocenters. The quantitative estimate of drug-likeness (QED) is 0.919. The molecule has 0 aliphatic heterocycles. The summed E-state index contributed by atoms with van der Waals surface area (Å²) in [5, 5.41) is 5.57. The van der Waals surface area contributed by atoms with Gasteiger partial charge in [0.15, 0.2) is 0 Å². The number of aromatic nitrogens is 2. The van der Waals surface area contributed by atoms with Gasteiger partial charge in [0, 0.05) is 11.3 Å². The van der Waals surface area contributed by atoms with E-state index in [9.17, 15) is 0 Å². The second-order valence-corrected chi connectivity index (χ2v) is 6.64. The van der Waals surface area contributed by atoms with Crippen molar-refractivity contribution in [1.82, 2.24) is 9.97 Å². The molecule has 2 aromatic rings. The molecule has 0 bridgehead atoms. The van der Waals surface area contributed by atoms with E-state index in [1.807, 2.05) is 17.8 Å². The van der Waals surface area contributed by atoms with Crippen LogP contribution >= 0.6 is 23.1 Å². The first-order chi connectivity index (χ1) is 8.33. The summed E-state index contributed by atoms with van der Waals surface area (Å²) < 4.78 is 1.61. The number of hydrogen-bond acceptors (Lipinski definition) is 5. The van der Waals surface area contributed by atoms with Crippen molar-refractivity contribution in [3.8, 4) is 0 Å². The minimum absolute atomic E-state index is 0.439. The Bertz CT molecular complexity index is 514. The molecule has 0 spiro atoms. The molecule has 2 aromatic heterocycles. The minimum atomic E-state index is 0.439. The lowest BCUT2D eigenvalue weighted by atomic mass is 9.84. The topological polar surface area (TPSA) is 37.8 Å². The van der Waals surface area contributed by atoms with E-state index in [-0.39, 0.29) is 0 Å². The molecule has 0 unspecified atom stereocenters. The van der Waals surface area contributed by atoms with Crippen molar-refractivity contribution in [2.45, 2.75) is 24.0 Å². The van der Waals surface area contributed by atoms with Gasteiger partial charge in [-0.2, -0.15) is 11.8 Å². The van der Waals surface area contributed by atoms with Gasteiger partial charge in [0.25, 0.3) is 0 Å². The highest BCUT2D eigenvalue weighted by molar-refractivity contribution is 8.00. The molecule has 0 radical (unpaired) electrons. The van der Waals surface area contributed by atoms with Crippen LogP contribution in [0.2, 0.25) is 0 Å². The van der Waals surface area contributed by atoms with Gasteiger partial charge in [0.1, 0.15) is 12.1 Å². The zero-order chi connectivity index (χ0) is 11.7. The minimum Gasteiger partial charge on any atom is -0.367 e. The van der Waals surface area contributed by atoms with Crippen LogP contribution < -0.4 is 5.32 Å². The predicted molar refractivity (Wildman–Crippen MR) is 76.0 cm³/mol. The maximum atomic E-state index is 4.35. The number of anilines is 1. The van der Waals surface area contributed by atoms with Gasteiger partial charge in [0.2, 0.25) is 0 Å². The van der Waals surface area contributed by atoms with Gasteiger partial charge >= 0.3 is 0 Å². The van der Waals surface area contributed by atoms with Gasteiger partial charge in [-0.15, -0.1) is 11.3 Å². The van der Waals surface area contributed by atoms with Crippen LogP contribution in [-0.4, -0.2) is 27.5 Å². The maximum absolute atomic E-state index is 4.35. The van der Waals surface area contributed by atoms with Crippen LogP contribution in [0.5, 0.6) is 0 Å². The Morgan fingerprint density at radius 3 is 3.06 bits per heavy atom. The van der Waals surface area contributed by atoms with Crippen LogP contribution in [0.15, 0.2) is 17.8 Å². The second kappa shape index (κ2) is 4.46. The molecular formula is C12H15N3S2. The third-order valence-corrected chi connectivity index (χ3v) is 5.85. The van der Waals surface area contributed by atoms with E-state index < -0.39 is 0 Å². The molecule has 3 nitrogen and oxygen atoms in total. The molecule has 1 fully saturated rings. The van der Waals surface area contributed by atoms with Crippen molar-refractivity contribution in [3.05, 3.63) is 17.8 Å². The van der Waals surface area contributed by atoms with Crippen LogP contribution in [-0.2, 0) is 0 Å².